The van der Waals surface area contributed by atoms with Crippen LogP contribution < -0.4 is 9.80 Å². The molecule has 6 nitrogen and oxygen atoms in total. The average Bonchev–Trinajstić information content (AvgIpc) is 2.63. The molecule has 1 aromatic carbocycles. The summed E-state index contributed by atoms with van der Waals surface area (Å²) in [4.78, 5) is 27.5. The molecule has 0 aliphatic carbocycles. The first kappa shape index (κ1) is 18.1. The molecule has 1 saturated heterocycles. The molecular formula is C19H24FN5O. The number of halogens is 1. The van der Waals surface area contributed by atoms with Gasteiger partial charge in [-0.1, -0.05) is 12.1 Å². The van der Waals surface area contributed by atoms with Crippen LogP contribution in [0.15, 0.2) is 30.3 Å². The van der Waals surface area contributed by atoms with Gasteiger partial charge in [0.05, 0.1) is 6.42 Å². The molecule has 3 rings (SSSR count). The lowest BCUT2D eigenvalue weighted by Gasteiger charge is -2.35. The van der Waals surface area contributed by atoms with E-state index in [0.29, 0.717) is 38.5 Å². The van der Waals surface area contributed by atoms with Crippen LogP contribution in [0, 0.1) is 12.7 Å². The second-order valence-electron chi connectivity index (χ2n) is 6.73. The van der Waals surface area contributed by atoms with E-state index in [2.05, 4.69) is 14.9 Å². The van der Waals surface area contributed by atoms with Gasteiger partial charge < -0.3 is 14.7 Å². The number of rotatable bonds is 4. The zero-order chi connectivity index (χ0) is 18.7. The maximum atomic E-state index is 13.0. The van der Waals surface area contributed by atoms with Crippen molar-refractivity contribution >= 4 is 17.7 Å². The molecule has 2 heterocycles. The zero-order valence-corrected chi connectivity index (χ0v) is 15.4. The van der Waals surface area contributed by atoms with Gasteiger partial charge in [-0.15, -0.1) is 0 Å². The van der Waals surface area contributed by atoms with E-state index in [1.807, 2.05) is 36.9 Å². The highest BCUT2D eigenvalue weighted by molar-refractivity contribution is 5.79. The van der Waals surface area contributed by atoms with Gasteiger partial charge in [0, 0.05) is 52.0 Å². The first-order valence-electron chi connectivity index (χ1n) is 8.72. The summed E-state index contributed by atoms with van der Waals surface area (Å²) in [5, 5.41) is 0. The monoisotopic (exact) mass is 357 g/mol. The lowest BCUT2D eigenvalue weighted by molar-refractivity contribution is -0.130. The number of carbonyl (C=O) groups is 1. The number of aromatic nitrogens is 2. The van der Waals surface area contributed by atoms with E-state index in [0.717, 1.165) is 17.1 Å². The van der Waals surface area contributed by atoms with Crippen molar-refractivity contribution in [2.45, 2.75) is 13.3 Å². The highest BCUT2D eigenvalue weighted by atomic mass is 19.1. The summed E-state index contributed by atoms with van der Waals surface area (Å²) in [7, 11) is 3.91. The predicted octanol–water partition coefficient (Wildman–Crippen LogP) is 1.88. The minimum absolute atomic E-state index is 0.0652. The van der Waals surface area contributed by atoms with E-state index in [4.69, 9.17) is 0 Å². The minimum atomic E-state index is -0.287. The number of carbonyl (C=O) groups excluding carboxylic acids is 1. The summed E-state index contributed by atoms with van der Waals surface area (Å²) >= 11 is 0. The molecule has 1 aliphatic heterocycles. The largest absolute Gasteiger partial charge is 0.363 e. The smallest absolute Gasteiger partial charge is 0.227 e. The predicted molar refractivity (Wildman–Crippen MR) is 100.0 cm³/mol. The van der Waals surface area contributed by atoms with Crippen molar-refractivity contribution in [1.29, 1.82) is 0 Å². The molecule has 0 atom stereocenters. The topological polar surface area (TPSA) is 52.6 Å². The van der Waals surface area contributed by atoms with Crippen molar-refractivity contribution < 1.29 is 9.18 Å². The van der Waals surface area contributed by atoms with Crippen molar-refractivity contribution in [3.05, 3.63) is 47.4 Å². The van der Waals surface area contributed by atoms with Crippen molar-refractivity contribution in [3.8, 4) is 0 Å². The molecule has 0 unspecified atom stereocenters. The number of benzene rings is 1. The maximum Gasteiger partial charge on any atom is 0.227 e. The molecule has 7 heteroatoms. The van der Waals surface area contributed by atoms with E-state index in [-0.39, 0.29) is 11.7 Å². The normalized spacial score (nSPS) is 14.5. The van der Waals surface area contributed by atoms with Crippen LogP contribution in [-0.4, -0.2) is 61.0 Å². The molecular weight excluding hydrogens is 333 g/mol. The Bertz CT molecular complexity index is 770. The second kappa shape index (κ2) is 7.68. The number of amides is 1. The van der Waals surface area contributed by atoms with Gasteiger partial charge in [-0.2, -0.15) is 4.98 Å². The van der Waals surface area contributed by atoms with Crippen LogP contribution in [0.4, 0.5) is 16.2 Å². The van der Waals surface area contributed by atoms with Gasteiger partial charge in [0.2, 0.25) is 11.9 Å². The van der Waals surface area contributed by atoms with E-state index in [1.165, 1.54) is 12.1 Å². The lowest BCUT2D eigenvalue weighted by atomic mass is 10.1. The number of hydrogen-bond acceptors (Lipinski definition) is 5. The Morgan fingerprint density at radius 1 is 1.12 bits per heavy atom. The third-order valence-electron chi connectivity index (χ3n) is 4.47. The van der Waals surface area contributed by atoms with Gasteiger partial charge in [-0.05, 0) is 24.6 Å². The summed E-state index contributed by atoms with van der Waals surface area (Å²) in [6.45, 7) is 4.63. The van der Waals surface area contributed by atoms with Gasteiger partial charge in [0.15, 0.2) is 0 Å². The van der Waals surface area contributed by atoms with Crippen molar-refractivity contribution in [1.82, 2.24) is 14.9 Å². The first-order valence-corrected chi connectivity index (χ1v) is 8.72. The molecule has 2 aromatic rings. The molecule has 1 aromatic heterocycles. The van der Waals surface area contributed by atoms with Crippen LogP contribution in [0.1, 0.15) is 11.3 Å². The Hall–Kier alpha value is -2.70. The van der Waals surface area contributed by atoms with Gasteiger partial charge >= 0.3 is 0 Å². The van der Waals surface area contributed by atoms with E-state index in [9.17, 15) is 9.18 Å². The van der Waals surface area contributed by atoms with Gasteiger partial charge in [-0.3, -0.25) is 4.79 Å². The molecule has 138 valence electrons. The Morgan fingerprint density at radius 2 is 1.77 bits per heavy atom. The van der Waals surface area contributed by atoms with Crippen molar-refractivity contribution in [3.63, 3.8) is 0 Å². The molecule has 0 bridgehead atoms. The summed E-state index contributed by atoms with van der Waals surface area (Å²) < 4.78 is 13.0. The zero-order valence-electron chi connectivity index (χ0n) is 15.4. The summed E-state index contributed by atoms with van der Waals surface area (Å²) in [5.74, 6) is 1.36. The summed E-state index contributed by atoms with van der Waals surface area (Å²) in [6.07, 6.45) is 0.298. The Morgan fingerprint density at radius 3 is 2.38 bits per heavy atom. The number of hydrogen-bond donors (Lipinski definition) is 0. The number of aryl methyl sites for hydroxylation is 1. The maximum absolute atomic E-state index is 13.0. The summed E-state index contributed by atoms with van der Waals surface area (Å²) in [6, 6.07) is 8.04. The fraction of sp³-hybridized carbons (Fsp3) is 0.421. The highest BCUT2D eigenvalue weighted by Gasteiger charge is 2.23. The molecule has 0 saturated carbocycles. The molecule has 1 fully saturated rings. The van der Waals surface area contributed by atoms with Crippen molar-refractivity contribution in [2.75, 3.05) is 50.1 Å². The van der Waals surface area contributed by atoms with Crippen molar-refractivity contribution in [2.24, 2.45) is 0 Å². The van der Waals surface area contributed by atoms with Crippen LogP contribution in [0.25, 0.3) is 0 Å². The summed E-state index contributed by atoms with van der Waals surface area (Å²) in [5.41, 5.74) is 1.75. The Balaban J connectivity index is 1.60. The fourth-order valence-electron chi connectivity index (χ4n) is 2.95. The quantitative estimate of drug-likeness (QED) is 0.836. The third-order valence-corrected chi connectivity index (χ3v) is 4.47. The van der Waals surface area contributed by atoms with E-state index >= 15 is 0 Å². The first-order chi connectivity index (χ1) is 12.4. The molecule has 0 N–H and O–H groups in total. The Kier molecular flexibility index (Phi) is 5.35. The third kappa shape index (κ3) is 4.28. The minimum Gasteiger partial charge on any atom is -0.363 e. The second-order valence-corrected chi connectivity index (χ2v) is 6.73. The highest BCUT2D eigenvalue weighted by Crippen LogP contribution is 2.17. The van der Waals surface area contributed by atoms with Crippen LogP contribution in [0.3, 0.4) is 0 Å². The van der Waals surface area contributed by atoms with E-state index in [1.54, 1.807) is 12.1 Å². The SMILES string of the molecule is Cc1cc(N(C)C)nc(N2CCN(C(=O)Cc3ccc(F)cc3)CC2)n1. The van der Waals surface area contributed by atoms with Gasteiger partial charge in [-0.25, -0.2) is 9.37 Å². The Labute approximate surface area is 153 Å². The number of nitrogens with zero attached hydrogens (tertiary/aromatic N) is 5. The number of anilines is 2. The van der Waals surface area contributed by atoms with Gasteiger partial charge in [0.1, 0.15) is 11.6 Å². The van der Waals surface area contributed by atoms with Crippen LogP contribution >= 0.6 is 0 Å². The molecule has 0 spiro atoms. The molecule has 0 radical (unpaired) electrons. The molecule has 1 aliphatic rings. The standard InChI is InChI=1S/C19H24FN5O/c1-14-12-17(23(2)3)22-19(21-14)25-10-8-24(9-11-25)18(26)13-15-4-6-16(20)7-5-15/h4-7,12H,8-11,13H2,1-3H3. The van der Waals surface area contributed by atoms with Crippen LogP contribution in [0.2, 0.25) is 0 Å². The van der Waals surface area contributed by atoms with E-state index < -0.39 is 0 Å². The average molecular weight is 357 g/mol. The van der Waals surface area contributed by atoms with Crippen LogP contribution in [0.5, 0.6) is 0 Å². The molecule has 26 heavy (non-hydrogen) atoms. The lowest BCUT2D eigenvalue weighted by Crippen LogP contribution is -2.49. The van der Waals surface area contributed by atoms with Gasteiger partial charge in [0.25, 0.3) is 0 Å². The fourth-order valence-corrected chi connectivity index (χ4v) is 2.95. The van der Waals surface area contributed by atoms with Crippen LogP contribution in [-0.2, 0) is 11.2 Å². The molecule has 1 amide bonds. The number of piperazine rings is 1.